The standard InChI is InChI=1S/C13H18N2O4/c1-8(16)3-2-4-15-13(17)9-5-11-12(6-10(9)14)19-7-18-11/h5-6,8,16H,2-4,7,14H2,1H3,(H,15,17). The minimum atomic E-state index is -0.354. The number of fused-ring (bicyclic) bond motifs is 1. The first-order valence-corrected chi connectivity index (χ1v) is 6.23. The second-order valence-corrected chi connectivity index (χ2v) is 4.54. The fourth-order valence-corrected chi connectivity index (χ4v) is 1.85. The van der Waals surface area contributed by atoms with Gasteiger partial charge in [0.1, 0.15) is 0 Å². The monoisotopic (exact) mass is 266 g/mol. The van der Waals surface area contributed by atoms with Gasteiger partial charge in [-0.15, -0.1) is 0 Å². The van der Waals surface area contributed by atoms with E-state index in [2.05, 4.69) is 5.32 Å². The fourth-order valence-electron chi connectivity index (χ4n) is 1.85. The third-order valence-electron chi connectivity index (χ3n) is 2.87. The highest BCUT2D eigenvalue weighted by Gasteiger charge is 2.19. The van der Waals surface area contributed by atoms with E-state index < -0.39 is 0 Å². The van der Waals surface area contributed by atoms with Crippen molar-refractivity contribution in [2.45, 2.75) is 25.9 Å². The first kappa shape index (κ1) is 13.5. The van der Waals surface area contributed by atoms with E-state index >= 15 is 0 Å². The van der Waals surface area contributed by atoms with E-state index in [0.717, 1.165) is 0 Å². The molecule has 2 rings (SSSR count). The van der Waals surface area contributed by atoms with Crippen LogP contribution in [0.1, 0.15) is 30.1 Å². The van der Waals surface area contributed by atoms with Gasteiger partial charge < -0.3 is 25.6 Å². The van der Waals surface area contributed by atoms with Crippen molar-refractivity contribution < 1.29 is 19.4 Å². The molecule has 6 heteroatoms. The molecule has 1 aliphatic heterocycles. The van der Waals surface area contributed by atoms with E-state index in [9.17, 15) is 4.79 Å². The van der Waals surface area contributed by atoms with E-state index in [-0.39, 0.29) is 18.8 Å². The molecule has 0 saturated heterocycles. The molecular formula is C13H18N2O4. The van der Waals surface area contributed by atoms with E-state index in [0.29, 0.717) is 42.1 Å². The van der Waals surface area contributed by atoms with Crippen LogP contribution in [0.5, 0.6) is 11.5 Å². The average molecular weight is 266 g/mol. The summed E-state index contributed by atoms with van der Waals surface area (Å²) >= 11 is 0. The molecule has 6 nitrogen and oxygen atoms in total. The number of nitrogen functional groups attached to an aromatic ring is 1. The first-order valence-electron chi connectivity index (χ1n) is 6.23. The zero-order valence-electron chi connectivity index (χ0n) is 10.8. The minimum absolute atomic E-state index is 0.147. The summed E-state index contributed by atoms with van der Waals surface area (Å²) in [6, 6.07) is 3.18. The van der Waals surface area contributed by atoms with Crippen molar-refractivity contribution in [1.29, 1.82) is 0 Å². The van der Waals surface area contributed by atoms with Crippen molar-refractivity contribution in [3.8, 4) is 11.5 Å². The Morgan fingerprint density at radius 3 is 2.84 bits per heavy atom. The van der Waals surface area contributed by atoms with E-state index in [1.54, 1.807) is 19.1 Å². The van der Waals surface area contributed by atoms with Gasteiger partial charge in [0, 0.05) is 18.3 Å². The second kappa shape index (κ2) is 5.79. The minimum Gasteiger partial charge on any atom is -0.454 e. The Labute approximate surface area is 111 Å². The molecule has 0 saturated carbocycles. The van der Waals surface area contributed by atoms with Crippen LogP contribution >= 0.6 is 0 Å². The Morgan fingerprint density at radius 2 is 2.16 bits per heavy atom. The van der Waals surface area contributed by atoms with Crippen LogP contribution in [0.4, 0.5) is 5.69 Å². The number of carbonyl (C=O) groups excluding carboxylic acids is 1. The number of anilines is 1. The molecule has 0 bridgehead atoms. The Kier molecular flexibility index (Phi) is 4.11. The van der Waals surface area contributed by atoms with E-state index in [4.69, 9.17) is 20.3 Å². The molecule has 1 unspecified atom stereocenters. The van der Waals surface area contributed by atoms with Crippen molar-refractivity contribution in [2.24, 2.45) is 0 Å². The summed E-state index contributed by atoms with van der Waals surface area (Å²) in [6.07, 6.45) is 1.01. The largest absolute Gasteiger partial charge is 0.454 e. The topological polar surface area (TPSA) is 93.8 Å². The van der Waals surface area contributed by atoms with Crippen LogP contribution in [-0.2, 0) is 0 Å². The molecule has 1 aromatic carbocycles. The molecule has 1 aromatic rings. The van der Waals surface area contributed by atoms with Crippen LogP contribution in [-0.4, -0.2) is 30.5 Å². The van der Waals surface area contributed by atoms with Gasteiger partial charge >= 0.3 is 0 Å². The maximum Gasteiger partial charge on any atom is 0.253 e. The quantitative estimate of drug-likeness (QED) is 0.543. The van der Waals surface area contributed by atoms with Crippen LogP contribution in [0, 0.1) is 0 Å². The van der Waals surface area contributed by atoms with Gasteiger partial charge in [0.2, 0.25) is 6.79 Å². The van der Waals surface area contributed by atoms with E-state index in [1.165, 1.54) is 0 Å². The van der Waals surface area contributed by atoms with Gasteiger partial charge in [-0.1, -0.05) is 0 Å². The highest BCUT2D eigenvalue weighted by molar-refractivity contribution is 6.00. The lowest BCUT2D eigenvalue weighted by molar-refractivity contribution is 0.0950. The van der Waals surface area contributed by atoms with Gasteiger partial charge in [-0.3, -0.25) is 4.79 Å². The first-order chi connectivity index (χ1) is 9.08. The maximum atomic E-state index is 12.0. The third kappa shape index (κ3) is 3.29. The van der Waals surface area contributed by atoms with Crippen molar-refractivity contribution in [3.63, 3.8) is 0 Å². The Bertz CT molecular complexity index is 474. The number of rotatable bonds is 5. The summed E-state index contributed by atoms with van der Waals surface area (Å²) in [5.74, 6) is 0.841. The number of ether oxygens (including phenoxy) is 2. The number of carbonyl (C=O) groups is 1. The summed E-state index contributed by atoms with van der Waals surface area (Å²) in [4.78, 5) is 12.0. The van der Waals surface area contributed by atoms with Crippen LogP contribution in [0.15, 0.2) is 12.1 Å². The van der Waals surface area contributed by atoms with Crippen LogP contribution in [0.3, 0.4) is 0 Å². The van der Waals surface area contributed by atoms with Crippen LogP contribution < -0.4 is 20.5 Å². The Morgan fingerprint density at radius 1 is 1.47 bits per heavy atom. The maximum absolute atomic E-state index is 12.0. The molecule has 0 radical (unpaired) electrons. The molecular weight excluding hydrogens is 248 g/mol. The van der Waals surface area contributed by atoms with Gasteiger partial charge in [0.15, 0.2) is 11.5 Å². The van der Waals surface area contributed by atoms with Gasteiger partial charge in [-0.2, -0.15) is 0 Å². The molecule has 0 aromatic heterocycles. The molecule has 1 amide bonds. The highest BCUT2D eigenvalue weighted by Crippen LogP contribution is 2.35. The number of benzene rings is 1. The lowest BCUT2D eigenvalue weighted by atomic mass is 10.1. The predicted octanol–water partition coefficient (Wildman–Crippen LogP) is 0.888. The number of nitrogens with one attached hydrogen (secondary N) is 1. The summed E-state index contributed by atoms with van der Waals surface area (Å²) in [7, 11) is 0. The molecule has 0 fully saturated rings. The lowest BCUT2D eigenvalue weighted by Crippen LogP contribution is -2.25. The Balaban J connectivity index is 1.96. The lowest BCUT2D eigenvalue weighted by Gasteiger charge is -2.09. The Hall–Kier alpha value is -1.95. The van der Waals surface area contributed by atoms with Gasteiger partial charge in [0.25, 0.3) is 5.91 Å². The van der Waals surface area contributed by atoms with Crippen molar-refractivity contribution in [3.05, 3.63) is 17.7 Å². The molecule has 0 spiro atoms. The zero-order valence-corrected chi connectivity index (χ0v) is 10.8. The van der Waals surface area contributed by atoms with Crippen LogP contribution in [0.2, 0.25) is 0 Å². The molecule has 1 heterocycles. The number of amides is 1. The molecule has 1 aliphatic rings. The van der Waals surface area contributed by atoms with Gasteiger partial charge in [0.05, 0.1) is 11.7 Å². The fraction of sp³-hybridized carbons (Fsp3) is 0.462. The van der Waals surface area contributed by atoms with Crippen molar-refractivity contribution >= 4 is 11.6 Å². The molecule has 1 atom stereocenters. The SMILES string of the molecule is CC(O)CCCNC(=O)c1cc2c(cc1N)OCO2. The average Bonchev–Trinajstić information content (AvgIpc) is 2.80. The number of hydrogen-bond donors (Lipinski definition) is 3. The number of aliphatic hydroxyl groups excluding tert-OH is 1. The smallest absolute Gasteiger partial charge is 0.253 e. The number of nitrogens with two attached hydrogens (primary N) is 1. The van der Waals surface area contributed by atoms with Crippen LogP contribution in [0.25, 0.3) is 0 Å². The third-order valence-corrected chi connectivity index (χ3v) is 2.87. The molecule has 19 heavy (non-hydrogen) atoms. The van der Waals surface area contributed by atoms with Gasteiger partial charge in [-0.25, -0.2) is 0 Å². The molecule has 104 valence electrons. The predicted molar refractivity (Wildman–Crippen MR) is 70.2 cm³/mol. The summed E-state index contributed by atoms with van der Waals surface area (Å²) in [6.45, 7) is 2.36. The summed E-state index contributed by atoms with van der Waals surface area (Å²) in [5, 5.41) is 11.9. The summed E-state index contributed by atoms with van der Waals surface area (Å²) in [5.41, 5.74) is 6.55. The molecule has 4 N–H and O–H groups in total. The summed E-state index contributed by atoms with van der Waals surface area (Å²) < 4.78 is 10.4. The van der Waals surface area contributed by atoms with Crippen molar-refractivity contribution in [2.75, 3.05) is 19.1 Å². The van der Waals surface area contributed by atoms with E-state index in [1.807, 2.05) is 0 Å². The number of aliphatic hydroxyl groups is 1. The normalized spacial score (nSPS) is 14.2. The van der Waals surface area contributed by atoms with Crippen molar-refractivity contribution in [1.82, 2.24) is 5.32 Å². The highest BCUT2D eigenvalue weighted by atomic mass is 16.7. The molecule has 0 aliphatic carbocycles. The number of hydrogen-bond acceptors (Lipinski definition) is 5. The van der Waals surface area contributed by atoms with Gasteiger partial charge in [-0.05, 0) is 25.8 Å². The second-order valence-electron chi connectivity index (χ2n) is 4.54. The zero-order chi connectivity index (χ0) is 13.8.